The molecule has 0 spiro atoms. The quantitative estimate of drug-likeness (QED) is 0.565. The summed E-state index contributed by atoms with van der Waals surface area (Å²) in [7, 11) is 0. The molecule has 4 saturated carbocycles. The van der Waals surface area contributed by atoms with Crippen LogP contribution in [0, 0.1) is 29.1 Å². The zero-order chi connectivity index (χ0) is 14.9. The molecule has 1 heteroatoms. The third-order valence-electron chi connectivity index (χ3n) is 6.58. The average molecular weight is 303 g/mol. The van der Waals surface area contributed by atoms with Gasteiger partial charge in [0.1, 0.15) is 0 Å². The van der Waals surface area contributed by atoms with Crippen LogP contribution in [0.3, 0.4) is 0 Å². The molecule has 0 heterocycles. The van der Waals surface area contributed by atoms with Gasteiger partial charge in [0, 0.05) is 0 Å². The SMILES string of the molecule is Cc1ccc(C(Cl)C23CC4CC(C)(CC(C)(C4)C2)C3)cc1. The van der Waals surface area contributed by atoms with E-state index in [9.17, 15) is 0 Å². The predicted octanol–water partition coefficient (Wildman–Crippen LogP) is 6.27. The Balaban J connectivity index is 1.72. The zero-order valence-electron chi connectivity index (χ0n) is 13.6. The first kappa shape index (κ1) is 14.1. The lowest BCUT2D eigenvalue weighted by Crippen LogP contribution is -2.56. The van der Waals surface area contributed by atoms with Gasteiger partial charge in [-0.1, -0.05) is 43.7 Å². The predicted molar refractivity (Wildman–Crippen MR) is 89.6 cm³/mol. The van der Waals surface area contributed by atoms with Crippen LogP contribution in [-0.2, 0) is 0 Å². The Hall–Kier alpha value is -0.490. The van der Waals surface area contributed by atoms with Crippen molar-refractivity contribution in [2.24, 2.45) is 22.2 Å². The summed E-state index contributed by atoms with van der Waals surface area (Å²) in [6.07, 6.45) is 8.36. The zero-order valence-corrected chi connectivity index (χ0v) is 14.3. The van der Waals surface area contributed by atoms with Crippen molar-refractivity contribution in [2.45, 2.75) is 64.7 Å². The van der Waals surface area contributed by atoms with Gasteiger partial charge in [0.15, 0.2) is 0 Å². The Morgan fingerprint density at radius 3 is 2.05 bits per heavy atom. The van der Waals surface area contributed by atoms with Crippen LogP contribution in [0.15, 0.2) is 24.3 Å². The lowest BCUT2D eigenvalue weighted by atomic mass is 9.39. The lowest BCUT2D eigenvalue weighted by Gasteiger charge is -2.66. The van der Waals surface area contributed by atoms with E-state index in [4.69, 9.17) is 11.6 Å². The van der Waals surface area contributed by atoms with E-state index < -0.39 is 0 Å². The molecule has 3 atom stereocenters. The Morgan fingerprint density at radius 1 is 0.952 bits per heavy atom. The van der Waals surface area contributed by atoms with Crippen LogP contribution < -0.4 is 0 Å². The van der Waals surface area contributed by atoms with Crippen molar-refractivity contribution in [1.29, 1.82) is 0 Å². The summed E-state index contributed by atoms with van der Waals surface area (Å²) < 4.78 is 0. The molecule has 0 amide bonds. The third kappa shape index (κ3) is 2.17. The number of hydrogen-bond donors (Lipinski definition) is 0. The second-order valence-corrected chi connectivity index (χ2v) is 9.70. The molecular formula is C20H27Cl. The summed E-state index contributed by atoms with van der Waals surface area (Å²) in [5.41, 5.74) is 4.11. The van der Waals surface area contributed by atoms with Crippen LogP contribution in [0.2, 0.25) is 0 Å². The average Bonchev–Trinajstić information content (AvgIpc) is 2.34. The maximum atomic E-state index is 7.10. The summed E-state index contributed by atoms with van der Waals surface area (Å²) >= 11 is 7.10. The molecule has 1 aromatic carbocycles. The molecule has 21 heavy (non-hydrogen) atoms. The van der Waals surface area contributed by atoms with Crippen molar-refractivity contribution >= 4 is 11.6 Å². The molecule has 0 N–H and O–H groups in total. The van der Waals surface area contributed by atoms with E-state index in [1.54, 1.807) is 0 Å². The maximum absolute atomic E-state index is 7.10. The van der Waals surface area contributed by atoms with Crippen molar-refractivity contribution in [3.05, 3.63) is 35.4 Å². The van der Waals surface area contributed by atoms with E-state index in [0.29, 0.717) is 16.2 Å². The molecule has 3 unspecified atom stereocenters. The van der Waals surface area contributed by atoms with Crippen molar-refractivity contribution in [3.8, 4) is 0 Å². The van der Waals surface area contributed by atoms with Gasteiger partial charge in [-0.15, -0.1) is 11.6 Å². The van der Waals surface area contributed by atoms with Crippen LogP contribution >= 0.6 is 11.6 Å². The minimum Gasteiger partial charge on any atom is -0.117 e. The summed E-state index contributed by atoms with van der Waals surface area (Å²) in [6, 6.07) is 8.95. The Bertz CT molecular complexity index is 540. The first-order chi connectivity index (χ1) is 9.82. The molecule has 4 aliphatic rings. The topological polar surface area (TPSA) is 0 Å². The molecule has 0 nitrogen and oxygen atoms in total. The van der Waals surface area contributed by atoms with Crippen LogP contribution in [-0.4, -0.2) is 0 Å². The first-order valence-corrected chi connectivity index (χ1v) is 8.96. The Kier molecular flexibility index (Phi) is 2.88. The van der Waals surface area contributed by atoms with Gasteiger partial charge in [-0.05, 0) is 73.2 Å². The number of benzene rings is 1. The van der Waals surface area contributed by atoms with Crippen molar-refractivity contribution in [3.63, 3.8) is 0 Å². The van der Waals surface area contributed by atoms with Crippen LogP contribution in [0.1, 0.15) is 68.9 Å². The molecule has 4 aliphatic carbocycles. The van der Waals surface area contributed by atoms with Gasteiger partial charge in [0.2, 0.25) is 0 Å². The molecule has 5 rings (SSSR count). The first-order valence-electron chi connectivity index (χ1n) is 8.52. The number of alkyl halides is 1. The minimum absolute atomic E-state index is 0.195. The second kappa shape index (κ2) is 4.28. The summed E-state index contributed by atoms with van der Waals surface area (Å²) in [5.74, 6) is 0.919. The van der Waals surface area contributed by atoms with Crippen molar-refractivity contribution in [2.75, 3.05) is 0 Å². The fourth-order valence-electron chi connectivity index (χ4n) is 6.91. The highest BCUT2D eigenvalue weighted by atomic mass is 35.5. The van der Waals surface area contributed by atoms with Gasteiger partial charge in [0.05, 0.1) is 5.38 Å². The van der Waals surface area contributed by atoms with E-state index in [1.807, 2.05) is 0 Å². The summed E-state index contributed by atoms with van der Waals surface area (Å²) in [5, 5.41) is 0.195. The van der Waals surface area contributed by atoms with Gasteiger partial charge in [-0.25, -0.2) is 0 Å². The summed E-state index contributed by atoms with van der Waals surface area (Å²) in [4.78, 5) is 0. The van der Waals surface area contributed by atoms with E-state index in [0.717, 1.165) is 5.92 Å². The molecule has 0 saturated heterocycles. The van der Waals surface area contributed by atoms with Crippen molar-refractivity contribution < 1.29 is 0 Å². The molecule has 114 valence electrons. The van der Waals surface area contributed by atoms with Gasteiger partial charge in [-0.3, -0.25) is 0 Å². The molecular weight excluding hydrogens is 276 g/mol. The number of hydrogen-bond acceptors (Lipinski definition) is 0. The fraction of sp³-hybridized carbons (Fsp3) is 0.700. The monoisotopic (exact) mass is 302 g/mol. The van der Waals surface area contributed by atoms with E-state index in [-0.39, 0.29) is 5.38 Å². The van der Waals surface area contributed by atoms with Gasteiger partial charge in [-0.2, -0.15) is 0 Å². The fourth-order valence-corrected chi connectivity index (χ4v) is 7.30. The van der Waals surface area contributed by atoms with E-state index >= 15 is 0 Å². The van der Waals surface area contributed by atoms with Gasteiger partial charge in [0.25, 0.3) is 0 Å². The van der Waals surface area contributed by atoms with Crippen LogP contribution in [0.5, 0.6) is 0 Å². The largest absolute Gasteiger partial charge is 0.117 e. The highest BCUT2D eigenvalue weighted by molar-refractivity contribution is 6.21. The number of halogens is 1. The number of aryl methyl sites for hydroxylation is 1. The number of rotatable bonds is 2. The summed E-state index contributed by atoms with van der Waals surface area (Å²) in [6.45, 7) is 7.21. The molecule has 0 aliphatic heterocycles. The lowest BCUT2D eigenvalue weighted by molar-refractivity contribution is -0.146. The van der Waals surface area contributed by atoms with Gasteiger partial charge >= 0.3 is 0 Å². The van der Waals surface area contributed by atoms with E-state index in [1.165, 1.54) is 49.7 Å². The minimum atomic E-state index is 0.195. The molecule has 1 aromatic rings. The van der Waals surface area contributed by atoms with E-state index in [2.05, 4.69) is 45.0 Å². The smallest absolute Gasteiger partial charge is 0.0642 e. The second-order valence-electron chi connectivity index (χ2n) is 9.27. The molecule has 0 radical (unpaired) electrons. The Labute approximate surface area is 134 Å². The third-order valence-corrected chi connectivity index (χ3v) is 7.29. The molecule has 4 bridgehead atoms. The van der Waals surface area contributed by atoms with Crippen molar-refractivity contribution in [1.82, 2.24) is 0 Å². The highest BCUT2D eigenvalue weighted by Crippen LogP contribution is 2.73. The standard InChI is InChI=1S/C20H27Cl/c1-14-4-6-16(7-5-14)17(21)20-10-15-8-18(2,12-20)11-19(3,9-15)13-20/h4-7,15,17H,8-13H2,1-3H3. The Morgan fingerprint density at radius 2 is 1.52 bits per heavy atom. The van der Waals surface area contributed by atoms with Crippen LogP contribution in [0.25, 0.3) is 0 Å². The molecule has 0 aromatic heterocycles. The highest BCUT2D eigenvalue weighted by Gasteiger charge is 2.62. The maximum Gasteiger partial charge on any atom is 0.0642 e. The normalized spacial score (nSPS) is 45.8. The molecule has 4 fully saturated rings. The van der Waals surface area contributed by atoms with Crippen LogP contribution in [0.4, 0.5) is 0 Å². The van der Waals surface area contributed by atoms with Gasteiger partial charge < -0.3 is 0 Å².